The van der Waals surface area contributed by atoms with Crippen LogP contribution in [0.2, 0.25) is 0 Å². The second kappa shape index (κ2) is 8.00. The number of hydrogen-bond acceptors (Lipinski definition) is 3. The molecule has 0 aromatic heterocycles. The topological polar surface area (TPSA) is 55.4 Å². The van der Waals surface area contributed by atoms with Crippen LogP contribution in [-0.4, -0.2) is 18.5 Å². The summed E-state index contributed by atoms with van der Waals surface area (Å²) in [4.78, 5) is 24.5. The van der Waals surface area contributed by atoms with Crippen molar-refractivity contribution in [3.8, 4) is 0 Å². The Morgan fingerprint density at radius 2 is 2.08 bits per heavy atom. The van der Waals surface area contributed by atoms with Crippen molar-refractivity contribution in [2.24, 2.45) is 11.8 Å². The van der Waals surface area contributed by atoms with Crippen LogP contribution in [0.15, 0.2) is 46.5 Å². The van der Waals surface area contributed by atoms with E-state index in [9.17, 15) is 9.59 Å². The molecule has 3 rings (SSSR count). The Labute approximate surface area is 156 Å². The Kier molecular flexibility index (Phi) is 5.74. The van der Waals surface area contributed by atoms with Crippen LogP contribution in [-0.2, 0) is 20.7 Å². The predicted octanol–water partition coefficient (Wildman–Crippen LogP) is 4.37. The highest BCUT2D eigenvalue weighted by Gasteiger charge is 2.32. The fourth-order valence-electron chi connectivity index (χ4n) is 3.56. The SMILES string of the molecule is CCOC(=O)Cc1ccccc1NC(=O)C1=CC2CCCC2C(Br)=C1. The van der Waals surface area contributed by atoms with Crippen molar-refractivity contribution >= 4 is 33.5 Å². The number of carbonyl (C=O) groups excluding carboxylic acids is 2. The van der Waals surface area contributed by atoms with Crippen LogP contribution in [0.3, 0.4) is 0 Å². The summed E-state index contributed by atoms with van der Waals surface area (Å²) >= 11 is 3.63. The monoisotopic (exact) mass is 403 g/mol. The summed E-state index contributed by atoms with van der Waals surface area (Å²) in [7, 11) is 0. The lowest BCUT2D eigenvalue weighted by Gasteiger charge is -2.22. The predicted molar refractivity (Wildman–Crippen MR) is 101 cm³/mol. The first-order valence-electron chi connectivity index (χ1n) is 8.72. The molecule has 25 heavy (non-hydrogen) atoms. The zero-order valence-corrected chi connectivity index (χ0v) is 15.8. The van der Waals surface area contributed by atoms with Crippen LogP contribution >= 0.6 is 15.9 Å². The van der Waals surface area contributed by atoms with Crippen molar-refractivity contribution in [1.29, 1.82) is 0 Å². The summed E-state index contributed by atoms with van der Waals surface area (Å²) in [5.74, 6) is 0.527. The third kappa shape index (κ3) is 4.21. The molecule has 1 aromatic rings. The molecule has 2 atom stereocenters. The molecule has 0 radical (unpaired) electrons. The molecule has 1 N–H and O–H groups in total. The number of para-hydroxylation sites is 1. The van der Waals surface area contributed by atoms with E-state index in [2.05, 4.69) is 27.3 Å². The highest BCUT2D eigenvalue weighted by Crippen LogP contribution is 2.43. The number of anilines is 1. The van der Waals surface area contributed by atoms with Gasteiger partial charge in [-0.3, -0.25) is 9.59 Å². The summed E-state index contributed by atoms with van der Waals surface area (Å²) in [6.45, 7) is 2.13. The molecule has 2 aliphatic rings. The molecule has 1 amide bonds. The molecule has 1 saturated carbocycles. The average molecular weight is 404 g/mol. The molecule has 132 valence electrons. The van der Waals surface area contributed by atoms with E-state index in [0.29, 0.717) is 29.7 Å². The van der Waals surface area contributed by atoms with Gasteiger partial charge in [-0.15, -0.1) is 0 Å². The van der Waals surface area contributed by atoms with Crippen molar-refractivity contribution in [3.63, 3.8) is 0 Å². The van der Waals surface area contributed by atoms with Crippen LogP contribution in [0, 0.1) is 11.8 Å². The van der Waals surface area contributed by atoms with Gasteiger partial charge in [-0.05, 0) is 53.8 Å². The molecule has 0 aliphatic heterocycles. The molecular formula is C20H22BrNO3. The minimum atomic E-state index is -0.294. The summed E-state index contributed by atoms with van der Waals surface area (Å²) in [5, 5.41) is 2.95. The number of amides is 1. The molecule has 1 fully saturated rings. The highest BCUT2D eigenvalue weighted by molar-refractivity contribution is 9.11. The van der Waals surface area contributed by atoms with Crippen molar-refractivity contribution in [2.75, 3.05) is 11.9 Å². The van der Waals surface area contributed by atoms with Gasteiger partial charge in [0.1, 0.15) is 0 Å². The van der Waals surface area contributed by atoms with Crippen LogP contribution < -0.4 is 5.32 Å². The lowest BCUT2D eigenvalue weighted by Crippen LogP contribution is -2.20. The first-order valence-corrected chi connectivity index (χ1v) is 9.51. The minimum Gasteiger partial charge on any atom is -0.466 e. The Morgan fingerprint density at radius 3 is 2.88 bits per heavy atom. The van der Waals surface area contributed by atoms with Gasteiger partial charge < -0.3 is 10.1 Å². The highest BCUT2D eigenvalue weighted by atomic mass is 79.9. The van der Waals surface area contributed by atoms with Crippen LogP contribution in [0.5, 0.6) is 0 Å². The molecule has 0 bridgehead atoms. The Bertz CT molecular complexity index is 738. The maximum atomic E-state index is 12.7. The van der Waals surface area contributed by atoms with Gasteiger partial charge in [-0.1, -0.05) is 46.6 Å². The number of allylic oxidation sites excluding steroid dienone is 2. The smallest absolute Gasteiger partial charge is 0.310 e. The number of rotatable bonds is 5. The van der Waals surface area contributed by atoms with Crippen molar-refractivity contribution in [2.45, 2.75) is 32.6 Å². The van der Waals surface area contributed by atoms with Crippen LogP contribution in [0.4, 0.5) is 5.69 Å². The third-order valence-electron chi connectivity index (χ3n) is 4.78. The van der Waals surface area contributed by atoms with E-state index in [1.165, 1.54) is 12.8 Å². The molecule has 5 heteroatoms. The number of ether oxygens (including phenoxy) is 1. The number of carbonyl (C=O) groups is 2. The van der Waals surface area contributed by atoms with Gasteiger partial charge in [-0.2, -0.15) is 0 Å². The van der Waals surface area contributed by atoms with Crippen molar-refractivity contribution in [3.05, 3.63) is 52.0 Å². The van der Waals surface area contributed by atoms with Gasteiger partial charge in [0.05, 0.1) is 13.0 Å². The molecule has 0 saturated heterocycles. The average Bonchev–Trinajstić information content (AvgIpc) is 3.06. The number of fused-ring (bicyclic) bond motifs is 1. The zero-order valence-electron chi connectivity index (χ0n) is 14.3. The van der Waals surface area contributed by atoms with E-state index in [4.69, 9.17) is 4.74 Å². The second-order valence-electron chi connectivity index (χ2n) is 6.45. The summed E-state index contributed by atoms with van der Waals surface area (Å²) in [6, 6.07) is 7.34. The molecule has 2 aliphatic carbocycles. The minimum absolute atomic E-state index is 0.140. The van der Waals surface area contributed by atoms with E-state index >= 15 is 0 Å². The van der Waals surface area contributed by atoms with Gasteiger partial charge in [0, 0.05) is 11.3 Å². The van der Waals surface area contributed by atoms with Crippen molar-refractivity contribution < 1.29 is 14.3 Å². The number of hydrogen-bond donors (Lipinski definition) is 1. The van der Waals surface area contributed by atoms with E-state index in [1.807, 2.05) is 30.3 Å². The molecular weight excluding hydrogens is 382 g/mol. The van der Waals surface area contributed by atoms with Gasteiger partial charge >= 0.3 is 5.97 Å². The summed E-state index contributed by atoms with van der Waals surface area (Å²) < 4.78 is 6.12. The van der Waals surface area contributed by atoms with E-state index in [0.717, 1.165) is 16.5 Å². The maximum absolute atomic E-state index is 12.7. The lowest BCUT2D eigenvalue weighted by atomic mass is 9.88. The zero-order chi connectivity index (χ0) is 17.8. The van der Waals surface area contributed by atoms with Crippen LogP contribution in [0.25, 0.3) is 0 Å². The van der Waals surface area contributed by atoms with E-state index in [1.54, 1.807) is 6.92 Å². The number of nitrogens with one attached hydrogen (secondary N) is 1. The van der Waals surface area contributed by atoms with Gasteiger partial charge in [-0.25, -0.2) is 0 Å². The van der Waals surface area contributed by atoms with Gasteiger partial charge in [0.25, 0.3) is 5.91 Å². The lowest BCUT2D eigenvalue weighted by molar-refractivity contribution is -0.142. The first kappa shape index (κ1) is 17.9. The summed E-state index contributed by atoms with van der Waals surface area (Å²) in [6.07, 6.45) is 7.67. The number of benzene rings is 1. The molecule has 1 aromatic carbocycles. The van der Waals surface area contributed by atoms with Crippen LogP contribution in [0.1, 0.15) is 31.7 Å². The Morgan fingerprint density at radius 1 is 1.28 bits per heavy atom. The Hall–Kier alpha value is -1.88. The fraction of sp³-hybridized carbons (Fsp3) is 0.400. The van der Waals surface area contributed by atoms with Crippen molar-refractivity contribution in [1.82, 2.24) is 0 Å². The molecule has 0 spiro atoms. The first-order chi connectivity index (χ1) is 12.1. The third-order valence-corrected chi connectivity index (χ3v) is 5.60. The quantitative estimate of drug-likeness (QED) is 0.742. The number of esters is 1. The maximum Gasteiger partial charge on any atom is 0.310 e. The normalized spacial score (nSPS) is 21.8. The summed E-state index contributed by atoms with van der Waals surface area (Å²) in [5.41, 5.74) is 2.09. The fourth-order valence-corrected chi connectivity index (χ4v) is 4.38. The van der Waals surface area contributed by atoms with Gasteiger partial charge in [0.15, 0.2) is 0 Å². The molecule has 0 heterocycles. The molecule has 2 unspecified atom stereocenters. The largest absolute Gasteiger partial charge is 0.466 e. The number of halogens is 1. The van der Waals surface area contributed by atoms with E-state index in [-0.39, 0.29) is 18.3 Å². The van der Waals surface area contributed by atoms with E-state index < -0.39 is 0 Å². The molecule has 4 nitrogen and oxygen atoms in total. The second-order valence-corrected chi connectivity index (χ2v) is 7.36. The standard InChI is InChI=1S/C20H22BrNO3/c1-2-25-19(23)12-14-6-3-4-9-18(14)22-20(24)15-10-13-7-5-8-16(13)17(21)11-15/h3-4,6,9-11,13,16H,2,5,7-8,12H2,1H3,(H,22,24). The van der Waals surface area contributed by atoms with Gasteiger partial charge in [0.2, 0.25) is 0 Å². The Balaban J connectivity index is 1.74.